The van der Waals surface area contributed by atoms with E-state index in [0.29, 0.717) is 0 Å². The number of nitrogens with zero attached hydrogens (tertiary/aromatic N) is 3. The van der Waals surface area contributed by atoms with E-state index in [-0.39, 0.29) is 0 Å². The summed E-state index contributed by atoms with van der Waals surface area (Å²) in [6, 6.07) is 0. The molecule has 0 spiro atoms. The number of hydrogen-bond acceptors (Lipinski definition) is 4. The fourth-order valence-electron chi connectivity index (χ4n) is 0.284. The Bertz CT molecular complexity index is 125. The molecule has 0 aliphatic carbocycles. The average Bonchev–Trinajstić information content (AvgIpc) is 2.14. The topological polar surface area (TPSA) is 38.7 Å². The zero-order valence-electron chi connectivity index (χ0n) is 3.96. The zero-order valence-corrected chi connectivity index (χ0v) is 4.77. The van der Waals surface area contributed by atoms with E-state index in [1.54, 1.807) is 0 Å². The second-order valence-corrected chi connectivity index (χ2v) is 1.63. The van der Waals surface area contributed by atoms with E-state index in [9.17, 15) is 0 Å². The number of hydrogen-bond donors (Lipinski definition) is 0. The molecule has 0 unspecified atom stereocenters. The van der Waals surface area contributed by atoms with Gasteiger partial charge in [0, 0.05) is 6.42 Å². The van der Waals surface area contributed by atoms with Crippen LogP contribution in [0.15, 0.2) is 0 Å². The van der Waals surface area contributed by atoms with Gasteiger partial charge in [-0.1, -0.05) is 11.4 Å². The van der Waals surface area contributed by atoms with Crippen molar-refractivity contribution in [1.29, 1.82) is 0 Å². The van der Waals surface area contributed by atoms with Crippen molar-refractivity contribution in [2.75, 3.05) is 0 Å². The predicted octanol–water partition coefficient (Wildman–Crippen LogP) is 0.495. The van der Waals surface area contributed by atoms with Crippen molar-refractivity contribution in [3.8, 4) is 0 Å². The molecule has 0 radical (unpaired) electrons. The van der Waals surface area contributed by atoms with E-state index >= 15 is 0 Å². The van der Waals surface area contributed by atoms with Crippen LogP contribution < -0.4 is 0 Å². The molecule has 0 aromatic carbocycles. The average molecular weight is 115 g/mol. The van der Waals surface area contributed by atoms with Gasteiger partial charge in [-0.2, -0.15) is 4.37 Å². The molecule has 38 valence electrons. The maximum absolute atomic E-state index is 3.85. The fraction of sp³-hybridized carbons (Fsp3) is 0.667. The summed E-state index contributed by atoms with van der Waals surface area (Å²) in [6.45, 7) is 2.00. The molecule has 0 fully saturated rings. The summed E-state index contributed by atoms with van der Waals surface area (Å²) < 4.78 is 7.43. The lowest BCUT2D eigenvalue weighted by Gasteiger charge is -1.72. The summed E-state index contributed by atoms with van der Waals surface area (Å²) in [5.41, 5.74) is 0. The lowest BCUT2D eigenvalue weighted by Crippen LogP contribution is -1.79. The van der Waals surface area contributed by atoms with Gasteiger partial charge in [0.1, 0.15) is 0 Å². The number of aromatic nitrogens is 3. The summed E-state index contributed by atoms with van der Waals surface area (Å²) in [5.74, 6) is 0.838. The van der Waals surface area contributed by atoms with E-state index in [2.05, 4.69) is 14.0 Å². The highest BCUT2D eigenvalue weighted by Crippen LogP contribution is 1.87. The Hall–Kier alpha value is -0.510. The molecule has 0 bridgehead atoms. The molecule has 0 saturated carbocycles. The molecule has 1 aromatic rings. The van der Waals surface area contributed by atoms with Gasteiger partial charge in [-0.05, 0) is 0 Å². The minimum atomic E-state index is 0.838. The van der Waals surface area contributed by atoms with Gasteiger partial charge in [-0.25, -0.2) is 0 Å². The Morgan fingerprint density at radius 1 is 1.71 bits per heavy atom. The van der Waals surface area contributed by atoms with Crippen molar-refractivity contribution < 1.29 is 0 Å². The normalized spacial score (nSPS) is 9.29. The third-order valence-corrected chi connectivity index (χ3v) is 1.10. The zero-order chi connectivity index (χ0) is 5.11. The van der Waals surface area contributed by atoms with Crippen molar-refractivity contribution in [3.63, 3.8) is 0 Å². The minimum absolute atomic E-state index is 0.838. The highest BCUT2D eigenvalue weighted by Gasteiger charge is 1.88. The first kappa shape index (κ1) is 4.64. The predicted molar refractivity (Wildman–Crippen MR) is 27.1 cm³/mol. The van der Waals surface area contributed by atoms with Gasteiger partial charge >= 0.3 is 0 Å². The molecule has 0 atom stereocenters. The van der Waals surface area contributed by atoms with Crippen molar-refractivity contribution in [3.05, 3.63) is 5.82 Å². The van der Waals surface area contributed by atoms with Crippen molar-refractivity contribution in [2.24, 2.45) is 0 Å². The number of aryl methyl sites for hydroxylation is 1. The summed E-state index contributed by atoms with van der Waals surface area (Å²) >= 11 is 1.15. The van der Waals surface area contributed by atoms with E-state index in [1.165, 1.54) is 0 Å². The standard InChI is InChI=1S/C3H5N3S/c1-2-3-4-6-7-5-3/h2H2,1H3. The summed E-state index contributed by atoms with van der Waals surface area (Å²) in [7, 11) is 0. The van der Waals surface area contributed by atoms with Crippen LogP contribution in [0.1, 0.15) is 12.7 Å². The van der Waals surface area contributed by atoms with E-state index in [4.69, 9.17) is 0 Å². The SMILES string of the molecule is CCc1nnsn1. The van der Waals surface area contributed by atoms with Gasteiger partial charge in [-0.15, -0.1) is 5.10 Å². The summed E-state index contributed by atoms with van der Waals surface area (Å²) in [5, 5.41) is 3.69. The first-order valence-electron chi connectivity index (χ1n) is 2.07. The Kier molecular flexibility index (Phi) is 1.31. The van der Waals surface area contributed by atoms with Gasteiger partial charge in [-0.3, -0.25) is 0 Å². The Morgan fingerprint density at radius 3 is 2.86 bits per heavy atom. The van der Waals surface area contributed by atoms with Crippen LogP contribution in [-0.2, 0) is 6.42 Å². The molecule has 0 aliphatic rings. The largest absolute Gasteiger partial charge is 0.166 e. The van der Waals surface area contributed by atoms with Crippen LogP contribution in [0.4, 0.5) is 0 Å². The van der Waals surface area contributed by atoms with Gasteiger partial charge in [0.25, 0.3) is 0 Å². The van der Waals surface area contributed by atoms with Gasteiger partial charge in [0.05, 0.1) is 11.7 Å². The van der Waals surface area contributed by atoms with Gasteiger partial charge in [0.15, 0.2) is 5.82 Å². The highest BCUT2D eigenvalue weighted by molar-refractivity contribution is 6.98. The third kappa shape index (κ3) is 0.928. The number of rotatable bonds is 1. The molecule has 7 heavy (non-hydrogen) atoms. The van der Waals surface area contributed by atoms with Crippen LogP contribution in [0.5, 0.6) is 0 Å². The molecule has 1 heterocycles. The van der Waals surface area contributed by atoms with Crippen LogP contribution in [-0.4, -0.2) is 14.0 Å². The molecule has 1 aromatic heterocycles. The molecule has 0 amide bonds. The third-order valence-electron chi connectivity index (χ3n) is 0.655. The van der Waals surface area contributed by atoms with Crippen LogP contribution in [0.2, 0.25) is 0 Å². The van der Waals surface area contributed by atoms with Gasteiger partial charge < -0.3 is 0 Å². The monoisotopic (exact) mass is 115 g/mol. The second-order valence-electron chi connectivity index (χ2n) is 1.12. The Labute approximate surface area is 45.7 Å². The first-order chi connectivity index (χ1) is 3.43. The molecule has 4 heteroatoms. The molecular formula is C3H5N3S. The second kappa shape index (κ2) is 1.97. The lowest BCUT2D eigenvalue weighted by atomic mass is 10.5. The van der Waals surface area contributed by atoms with Gasteiger partial charge in [0.2, 0.25) is 0 Å². The van der Waals surface area contributed by atoms with E-state index in [1.807, 2.05) is 6.92 Å². The molecule has 0 saturated heterocycles. The molecular weight excluding hydrogens is 110 g/mol. The molecule has 0 aliphatic heterocycles. The smallest absolute Gasteiger partial charge is 0.156 e. The maximum atomic E-state index is 3.85. The van der Waals surface area contributed by atoms with Crippen LogP contribution in [0, 0.1) is 0 Å². The first-order valence-corrected chi connectivity index (χ1v) is 2.80. The summed E-state index contributed by atoms with van der Waals surface area (Å²) in [4.78, 5) is 0. The maximum Gasteiger partial charge on any atom is 0.166 e. The van der Waals surface area contributed by atoms with Crippen LogP contribution in [0.3, 0.4) is 0 Å². The van der Waals surface area contributed by atoms with Crippen LogP contribution in [0.25, 0.3) is 0 Å². The molecule has 1 rings (SSSR count). The van der Waals surface area contributed by atoms with Crippen LogP contribution >= 0.6 is 11.7 Å². The Balaban J connectivity index is 2.76. The molecule has 0 N–H and O–H groups in total. The van der Waals surface area contributed by atoms with Crippen molar-refractivity contribution in [2.45, 2.75) is 13.3 Å². The van der Waals surface area contributed by atoms with E-state index < -0.39 is 0 Å². The molecule has 3 nitrogen and oxygen atoms in total. The van der Waals surface area contributed by atoms with Crippen molar-refractivity contribution >= 4 is 11.7 Å². The minimum Gasteiger partial charge on any atom is -0.156 e. The van der Waals surface area contributed by atoms with Crippen molar-refractivity contribution in [1.82, 2.24) is 14.0 Å². The van der Waals surface area contributed by atoms with E-state index in [0.717, 1.165) is 24.0 Å². The highest BCUT2D eigenvalue weighted by atomic mass is 32.1. The lowest BCUT2D eigenvalue weighted by molar-refractivity contribution is 0.947. The summed E-state index contributed by atoms with van der Waals surface area (Å²) in [6.07, 6.45) is 0.885. The fourth-order valence-corrected chi connectivity index (χ4v) is 0.711. The Morgan fingerprint density at radius 2 is 2.57 bits per heavy atom. The quantitative estimate of drug-likeness (QED) is 0.534.